The van der Waals surface area contributed by atoms with Crippen LogP contribution in [0, 0.1) is 0 Å². The quantitative estimate of drug-likeness (QED) is 0.510. The molecule has 0 aliphatic heterocycles. The van der Waals surface area contributed by atoms with Crippen LogP contribution in [0.2, 0.25) is 5.02 Å². The summed E-state index contributed by atoms with van der Waals surface area (Å²) in [7, 11) is 0. The maximum absolute atomic E-state index is 12.7. The number of unbranched alkanes of at least 4 members (excludes halogenated alkanes) is 1. The van der Waals surface area contributed by atoms with Crippen LogP contribution >= 0.6 is 22.9 Å². The molecule has 0 aliphatic carbocycles. The lowest BCUT2D eigenvalue weighted by Crippen LogP contribution is -2.38. The van der Waals surface area contributed by atoms with Crippen molar-refractivity contribution in [1.82, 2.24) is 15.2 Å². The van der Waals surface area contributed by atoms with Gasteiger partial charge in [-0.15, -0.1) is 11.3 Å². The summed E-state index contributed by atoms with van der Waals surface area (Å²) in [5.41, 5.74) is 1.08. The van der Waals surface area contributed by atoms with Gasteiger partial charge in [-0.3, -0.25) is 14.4 Å². The van der Waals surface area contributed by atoms with Gasteiger partial charge in [0.15, 0.2) is 5.13 Å². The van der Waals surface area contributed by atoms with Crippen LogP contribution in [0.25, 0.3) is 0 Å². The molecule has 9 heteroatoms. The van der Waals surface area contributed by atoms with Crippen molar-refractivity contribution in [1.29, 1.82) is 0 Å². The van der Waals surface area contributed by atoms with Crippen LogP contribution in [0.5, 0.6) is 0 Å². The molecule has 0 unspecified atom stereocenters. The standard InChI is InChI=1S/C21H27ClN4O3S/c1-3-5-10-23-18(27)12-17-14-30-21(24-17)25-19(28)13-26(11-4-2)20(29)15-6-8-16(22)9-7-15/h6-9,14H,3-5,10-13H2,1-2H3,(H,23,27)(H,24,25,28). The molecule has 0 bridgehead atoms. The minimum atomic E-state index is -0.334. The molecule has 2 rings (SSSR count). The minimum absolute atomic E-state index is 0.0816. The van der Waals surface area contributed by atoms with E-state index in [1.54, 1.807) is 29.6 Å². The molecule has 0 spiro atoms. The summed E-state index contributed by atoms with van der Waals surface area (Å²) in [5, 5.41) is 8.26. The highest BCUT2D eigenvalue weighted by molar-refractivity contribution is 7.13. The summed E-state index contributed by atoms with van der Waals surface area (Å²) in [5.74, 6) is -0.652. The Kier molecular flexibility index (Phi) is 9.76. The van der Waals surface area contributed by atoms with Crippen LogP contribution in [0.4, 0.5) is 5.13 Å². The molecule has 1 heterocycles. The highest BCUT2D eigenvalue weighted by atomic mass is 35.5. The first-order valence-electron chi connectivity index (χ1n) is 9.98. The van der Waals surface area contributed by atoms with Gasteiger partial charge < -0.3 is 15.5 Å². The van der Waals surface area contributed by atoms with Crippen LogP contribution in [0.15, 0.2) is 29.6 Å². The Hall–Kier alpha value is -2.45. The number of nitrogens with zero attached hydrogens (tertiary/aromatic N) is 2. The lowest BCUT2D eigenvalue weighted by Gasteiger charge is -2.21. The van der Waals surface area contributed by atoms with Crippen molar-refractivity contribution in [2.24, 2.45) is 0 Å². The lowest BCUT2D eigenvalue weighted by molar-refractivity contribution is -0.120. The van der Waals surface area contributed by atoms with E-state index in [9.17, 15) is 14.4 Å². The predicted octanol–water partition coefficient (Wildman–Crippen LogP) is 3.75. The van der Waals surface area contributed by atoms with E-state index in [2.05, 4.69) is 22.5 Å². The van der Waals surface area contributed by atoms with Crippen molar-refractivity contribution >= 4 is 45.8 Å². The monoisotopic (exact) mass is 450 g/mol. The normalized spacial score (nSPS) is 10.5. The highest BCUT2D eigenvalue weighted by Crippen LogP contribution is 2.16. The molecule has 30 heavy (non-hydrogen) atoms. The zero-order valence-electron chi connectivity index (χ0n) is 17.2. The third-order valence-electron chi connectivity index (χ3n) is 4.20. The summed E-state index contributed by atoms with van der Waals surface area (Å²) in [6.07, 6.45) is 2.85. The Bertz CT molecular complexity index is 854. The number of rotatable bonds is 11. The lowest BCUT2D eigenvalue weighted by atomic mass is 10.2. The van der Waals surface area contributed by atoms with Gasteiger partial charge in [0.1, 0.15) is 6.54 Å². The van der Waals surface area contributed by atoms with Gasteiger partial charge in [-0.25, -0.2) is 4.98 Å². The zero-order chi connectivity index (χ0) is 21.9. The van der Waals surface area contributed by atoms with Crippen molar-refractivity contribution in [3.63, 3.8) is 0 Å². The van der Waals surface area contributed by atoms with E-state index < -0.39 is 0 Å². The molecule has 0 radical (unpaired) electrons. The molecule has 0 atom stereocenters. The number of carbonyl (C=O) groups excluding carboxylic acids is 3. The molecule has 3 amide bonds. The Morgan fingerprint density at radius 2 is 1.83 bits per heavy atom. The number of anilines is 1. The van der Waals surface area contributed by atoms with E-state index in [0.29, 0.717) is 34.5 Å². The first-order chi connectivity index (χ1) is 14.4. The maximum Gasteiger partial charge on any atom is 0.254 e. The molecule has 0 aliphatic rings. The molecule has 0 fully saturated rings. The van der Waals surface area contributed by atoms with Crippen molar-refractivity contribution in [2.75, 3.05) is 25.0 Å². The molecule has 0 saturated heterocycles. The molecule has 0 saturated carbocycles. The second-order valence-electron chi connectivity index (χ2n) is 6.81. The van der Waals surface area contributed by atoms with Crippen molar-refractivity contribution in [3.8, 4) is 0 Å². The molecular weight excluding hydrogens is 424 g/mol. The molecule has 2 N–H and O–H groups in total. The molecular formula is C21H27ClN4O3S. The summed E-state index contributed by atoms with van der Waals surface area (Å²) in [4.78, 5) is 42.8. The topological polar surface area (TPSA) is 91.4 Å². The summed E-state index contributed by atoms with van der Waals surface area (Å²) in [6.45, 7) is 5.03. The van der Waals surface area contributed by atoms with Crippen molar-refractivity contribution < 1.29 is 14.4 Å². The summed E-state index contributed by atoms with van der Waals surface area (Å²) in [6, 6.07) is 6.58. The van der Waals surface area contributed by atoms with Crippen molar-refractivity contribution in [2.45, 2.75) is 39.5 Å². The van der Waals surface area contributed by atoms with Crippen LogP contribution in [0.1, 0.15) is 49.2 Å². The Balaban J connectivity index is 1.91. The van der Waals surface area contributed by atoms with Crippen molar-refractivity contribution in [3.05, 3.63) is 45.9 Å². The third-order valence-corrected chi connectivity index (χ3v) is 5.26. The van der Waals surface area contributed by atoms with Gasteiger partial charge in [0.05, 0.1) is 12.1 Å². The first kappa shape index (κ1) is 23.8. The van der Waals surface area contributed by atoms with Gasteiger partial charge >= 0.3 is 0 Å². The third kappa shape index (κ3) is 7.76. The SMILES string of the molecule is CCCCNC(=O)Cc1csc(NC(=O)CN(CCC)C(=O)c2ccc(Cl)cc2)n1. The van der Waals surface area contributed by atoms with E-state index in [1.165, 1.54) is 16.2 Å². The Labute approximate surface area is 185 Å². The van der Waals surface area contributed by atoms with Crippen LogP contribution in [-0.4, -0.2) is 47.2 Å². The summed E-state index contributed by atoms with van der Waals surface area (Å²) >= 11 is 7.13. The molecule has 1 aromatic heterocycles. The number of amides is 3. The smallest absolute Gasteiger partial charge is 0.254 e. The van der Waals surface area contributed by atoms with Gasteiger partial charge in [-0.1, -0.05) is 31.9 Å². The van der Waals surface area contributed by atoms with E-state index in [0.717, 1.165) is 19.3 Å². The number of thiazole rings is 1. The first-order valence-corrected chi connectivity index (χ1v) is 11.2. The second-order valence-corrected chi connectivity index (χ2v) is 8.10. The fourth-order valence-electron chi connectivity index (χ4n) is 2.71. The maximum atomic E-state index is 12.7. The van der Waals surface area contributed by atoms with Crippen LogP contribution in [-0.2, 0) is 16.0 Å². The number of aromatic nitrogens is 1. The highest BCUT2D eigenvalue weighted by Gasteiger charge is 2.19. The Morgan fingerprint density at radius 1 is 1.10 bits per heavy atom. The second kappa shape index (κ2) is 12.3. The zero-order valence-corrected chi connectivity index (χ0v) is 18.8. The predicted molar refractivity (Wildman–Crippen MR) is 120 cm³/mol. The van der Waals surface area contributed by atoms with Crippen LogP contribution < -0.4 is 10.6 Å². The fourth-order valence-corrected chi connectivity index (χ4v) is 3.56. The van der Waals surface area contributed by atoms with Crippen LogP contribution in [0.3, 0.4) is 0 Å². The van der Waals surface area contributed by atoms with Gasteiger partial charge in [0.2, 0.25) is 11.8 Å². The largest absolute Gasteiger partial charge is 0.356 e. The Morgan fingerprint density at radius 3 is 2.50 bits per heavy atom. The minimum Gasteiger partial charge on any atom is -0.356 e. The van der Waals surface area contributed by atoms with Gasteiger partial charge in [0, 0.05) is 29.1 Å². The summed E-state index contributed by atoms with van der Waals surface area (Å²) < 4.78 is 0. The molecule has 2 aromatic rings. The number of hydrogen-bond acceptors (Lipinski definition) is 5. The number of nitrogens with one attached hydrogen (secondary N) is 2. The molecule has 1 aromatic carbocycles. The average molecular weight is 451 g/mol. The van der Waals surface area contributed by atoms with E-state index in [1.807, 2.05) is 6.92 Å². The van der Waals surface area contributed by atoms with E-state index >= 15 is 0 Å². The molecule has 162 valence electrons. The number of carbonyl (C=O) groups is 3. The average Bonchev–Trinajstić information content (AvgIpc) is 3.14. The number of hydrogen-bond donors (Lipinski definition) is 2. The fraction of sp³-hybridized carbons (Fsp3) is 0.429. The molecule has 7 nitrogen and oxygen atoms in total. The number of benzene rings is 1. The van der Waals surface area contributed by atoms with E-state index in [-0.39, 0.29) is 30.7 Å². The van der Waals surface area contributed by atoms with Gasteiger partial charge in [-0.05, 0) is 37.1 Å². The van der Waals surface area contributed by atoms with E-state index in [4.69, 9.17) is 11.6 Å². The number of halogens is 1. The van der Waals surface area contributed by atoms with Gasteiger partial charge in [0.25, 0.3) is 5.91 Å². The van der Waals surface area contributed by atoms with Gasteiger partial charge in [-0.2, -0.15) is 0 Å².